The first-order valence-corrected chi connectivity index (χ1v) is 11.3. The molecule has 0 saturated carbocycles. The molecule has 1 unspecified atom stereocenters. The molecule has 3 aliphatic heterocycles. The van der Waals surface area contributed by atoms with E-state index in [9.17, 15) is 4.79 Å². The van der Waals surface area contributed by atoms with Crippen LogP contribution in [0.4, 0.5) is 0 Å². The summed E-state index contributed by atoms with van der Waals surface area (Å²) in [5.41, 5.74) is 2.85. The highest BCUT2D eigenvalue weighted by atomic mass is 35.5. The summed E-state index contributed by atoms with van der Waals surface area (Å²) in [6.45, 7) is 3.20. The van der Waals surface area contributed by atoms with Crippen LogP contribution in [0.25, 0.3) is 11.4 Å². The monoisotopic (exact) mass is 442 g/mol. The molecule has 31 heavy (non-hydrogen) atoms. The average Bonchev–Trinajstić information content (AvgIpc) is 2.81. The van der Waals surface area contributed by atoms with Gasteiger partial charge in [0.25, 0.3) is 0 Å². The van der Waals surface area contributed by atoms with E-state index in [1.165, 1.54) is 18.4 Å². The number of hydrogen-bond donors (Lipinski definition) is 1. The lowest BCUT2D eigenvalue weighted by Gasteiger charge is -2.44. The van der Waals surface area contributed by atoms with Crippen molar-refractivity contribution in [3.63, 3.8) is 0 Å². The maximum absolute atomic E-state index is 12.8. The van der Waals surface area contributed by atoms with Crippen molar-refractivity contribution in [3.05, 3.63) is 47.8 Å². The molecular formula is C24H31ClN4O2. The minimum absolute atomic E-state index is 0. The van der Waals surface area contributed by atoms with Crippen molar-refractivity contribution in [2.75, 3.05) is 26.2 Å². The van der Waals surface area contributed by atoms with Crippen LogP contribution in [0, 0.1) is 0 Å². The minimum atomic E-state index is -0.389. The van der Waals surface area contributed by atoms with Crippen LogP contribution < -0.4 is 5.32 Å². The number of halogens is 1. The number of piperidine rings is 2. The molecule has 1 aromatic carbocycles. The van der Waals surface area contributed by atoms with Crippen LogP contribution in [-0.4, -0.2) is 53.1 Å². The van der Waals surface area contributed by atoms with Crippen molar-refractivity contribution in [2.24, 2.45) is 0 Å². The van der Waals surface area contributed by atoms with E-state index in [0.29, 0.717) is 19.1 Å². The molecule has 5 rings (SSSR count). The van der Waals surface area contributed by atoms with Crippen LogP contribution in [0.5, 0.6) is 0 Å². The van der Waals surface area contributed by atoms with E-state index in [0.717, 1.165) is 62.4 Å². The molecular weight excluding hydrogens is 412 g/mol. The van der Waals surface area contributed by atoms with E-state index in [4.69, 9.17) is 9.72 Å². The van der Waals surface area contributed by atoms with Crippen molar-refractivity contribution in [3.8, 4) is 11.4 Å². The maximum Gasteiger partial charge on any atom is 0.224 e. The minimum Gasteiger partial charge on any atom is -0.368 e. The van der Waals surface area contributed by atoms with Crippen molar-refractivity contribution in [1.29, 1.82) is 0 Å². The first-order chi connectivity index (χ1) is 14.7. The lowest BCUT2D eigenvalue weighted by Crippen LogP contribution is -2.50. The van der Waals surface area contributed by atoms with Crippen LogP contribution in [0.2, 0.25) is 0 Å². The van der Waals surface area contributed by atoms with Gasteiger partial charge in [-0.1, -0.05) is 36.8 Å². The topological polar surface area (TPSA) is 67.4 Å². The molecule has 1 aromatic heterocycles. The van der Waals surface area contributed by atoms with Gasteiger partial charge >= 0.3 is 0 Å². The molecule has 0 radical (unpaired) electrons. The predicted molar refractivity (Wildman–Crippen MR) is 122 cm³/mol. The Kier molecular flexibility index (Phi) is 6.89. The van der Waals surface area contributed by atoms with Gasteiger partial charge in [0.2, 0.25) is 5.91 Å². The predicted octanol–water partition coefficient (Wildman–Crippen LogP) is 3.49. The Labute approximate surface area is 190 Å². The third-order valence-electron chi connectivity index (χ3n) is 6.84. The molecule has 2 aromatic rings. The second-order valence-electron chi connectivity index (χ2n) is 8.76. The van der Waals surface area contributed by atoms with Crippen LogP contribution in [-0.2, 0) is 21.6 Å². The second kappa shape index (κ2) is 9.63. The number of likely N-dealkylation sites (tertiary alicyclic amines) is 1. The number of aromatic nitrogens is 2. The molecule has 7 heteroatoms. The normalized spacial score (nSPS) is 22.5. The van der Waals surface area contributed by atoms with E-state index >= 15 is 0 Å². The highest BCUT2D eigenvalue weighted by molar-refractivity contribution is 5.85. The van der Waals surface area contributed by atoms with Gasteiger partial charge < -0.3 is 15.0 Å². The number of ether oxygens (including phenoxy) is 1. The van der Waals surface area contributed by atoms with Crippen molar-refractivity contribution in [2.45, 2.75) is 56.6 Å². The molecule has 1 atom stereocenters. The number of carbonyl (C=O) groups excluding carboxylic acids is 1. The summed E-state index contributed by atoms with van der Waals surface area (Å²) in [6.07, 6.45) is 8.60. The number of fused-ring (bicyclic) bond motifs is 2. The van der Waals surface area contributed by atoms with Gasteiger partial charge in [-0.25, -0.2) is 9.97 Å². The van der Waals surface area contributed by atoms with Gasteiger partial charge in [-0.2, -0.15) is 0 Å². The van der Waals surface area contributed by atoms with Crippen LogP contribution in [0.15, 0.2) is 36.5 Å². The summed E-state index contributed by atoms with van der Waals surface area (Å²) in [7, 11) is 0. The number of hydrogen-bond acceptors (Lipinski definition) is 5. The van der Waals surface area contributed by atoms with Crippen molar-refractivity contribution < 1.29 is 9.53 Å². The summed E-state index contributed by atoms with van der Waals surface area (Å²) in [5.74, 6) is 1.02. The van der Waals surface area contributed by atoms with E-state index in [2.05, 4.69) is 10.3 Å². The first kappa shape index (κ1) is 22.2. The van der Waals surface area contributed by atoms with Gasteiger partial charge in [-0.15, -0.1) is 12.4 Å². The van der Waals surface area contributed by atoms with Gasteiger partial charge in [-0.05, 0) is 44.2 Å². The molecule has 0 bridgehead atoms. The highest BCUT2D eigenvalue weighted by Crippen LogP contribution is 2.41. The molecule has 4 heterocycles. The first-order valence-electron chi connectivity index (χ1n) is 11.3. The number of nitrogens with one attached hydrogen (secondary N) is 1. The molecule has 3 aliphatic rings. The number of benzene rings is 1. The van der Waals surface area contributed by atoms with Gasteiger partial charge in [-0.3, -0.25) is 4.79 Å². The van der Waals surface area contributed by atoms with Crippen LogP contribution in [0.1, 0.15) is 49.8 Å². The zero-order valence-corrected chi connectivity index (χ0v) is 18.7. The molecule has 2 saturated heterocycles. The molecule has 0 aliphatic carbocycles. The molecule has 1 N–H and O–H groups in total. The van der Waals surface area contributed by atoms with Crippen molar-refractivity contribution >= 4 is 18.3 Å². The standard InChI is InChI=1S/C24H30N4O2.ClH/c29-21(16-20-8-4-5-12-25-20)28-13-10-24(11-14-28)22-19(9-15-30-24)17-26-23(27-22)18-6-2-1-3-7-18;/h1-3,6-7,17,20,25H,4-5,8-16H2;1H. The van der Waals surface area contributed by atoms with Crippen molar-refractivity contribution in [1.82, 2.24) is 20.2 Å². The van der Waals surface area contributed by atoms with Gasteiger partial charge in [0.05, 0.1) is 12.3 Å². The van der Waals surface area contributed by atoms with E-state index < -0.39 is 0 Å². The fourth-order valence-electron chi connectivity index (χ4n) is 5.07. The quantitative estimate of drug-likeness (QED) is 0.788. The van der Waals surface area contributed by atoms with E-state index in [-0.39, 0.29) is 23.9 Å². The smallest absolute Gasteiger partial charge is 0.224 e. The Morgan fingerprint density at radius 2 is 2.00 bits per heavy atom. The number of amides is 1. The molecule has 6 nitrogen and oxygen atoms in total. The molecule has 166 valence electrons. The molecule has 2 fully saturated rings. The molecule has 1 spiro atoms. The Balaban J connectivity index is 0.00000231. The average molecular weight is 443 g/mol. The number of carbonyl (C=O) groups is 1. The fourth-order valence-corrected chi connectivity index (χ4v) is 5.07. The largest absolute Gasteiger partial charge is 0.368 e. The Hall–Kier alpha value is -2.02. The van der Waals surface area contributed by atoms with Gasteiger partial charge in [0.15, 0.2) is 5.82 Å². The Morgan fingerprint density at radius 3 is 2.74 bits per heavy atom. The summed E-state index contributed by atoms with van der Waals surface area (Å²) >= 11 is 0. The summed E-state index contributed by atoms with van der Waals surface area (Å²) in [6, 6.07) is 10.4. The lowest BCUT2D eigenvalue weighted by atomic mass is 9.83. The summed E-state index contributed by atoms with van der Waals surface area (Å²) in [5, 5.41) is 3.49. The van der Waals surface area contributed by atoms with Crippen LogP contribution >= 0.6 is 12.4 Å². The molecule has 1 amide bonds. The summed E-state index contributed by atoms with van der Waals surface area (Å²) in [4.78, 5) is 24.5. The SMILES string of the molecule is Cl.O=C(CC1CCCCN1)N1CCC2(CC1)OCCc1cnc(-c3ccccc3)nc12. The Morgan fingerprint density at radius 1 is 1.19 bits per heavy atom. The number of nitrogens with zero attached hydrogens (tertiary/aromatic N) is 3. The fraction of sp³-hybridized carbons (Fsp3) is 0.542. The lowest BCUT2D eigenvalue weighted by molar-refractivity contribution is -0.141. The Bertz CT molecular complexity index is 894. The third-order valence-corrected chi connectivity index (χ3v) is 6.84. The third kappa shape index (κ3) is 4.61. The van der Waals surface area contributed by atoms with E-state index in [1.54, 1.807) is 0 Å². The van der Waals surface area contributed by atoms with Gasteiger partial charge in [0, 0.05) is 37.3 Å². The van der Waals surface area contributed by atoms with E-state index in [1.807, 2.05) is 41.4 Å². The highest BCUT2D eigenvalue weighted by Gasteiger charge is 2.43. The summed E-state index contributed by atoms with van der Waals surface area (Å²) < 4.78 is 6.36. The maximum atomic E-state index is 12.8. The van der Waals surface area contributed by atoms with Crippen LogP contribution in [0.3, 0.4) is 0 Å². The second-order valence-corrected chi connectivity index (χ2v) is 8.76. The number of rotatable bonds is 3. The zero-order valence-electron chi connectivity index (χ0n) is 17.9. The zero-order chi connectivity index (χ0) is 20.4. The van der Waals surface area contributed by atoms with Gasteiger partial charge in [0.1, 0.15) is 5.60 Å².